The third kappa shape index (κ3) is 3.58. The summed E-state index contributed by atoms with van der Waals surface area (Å²) < 4.78 is 10.9. The summed E-state index contributed by atoms with van der Waals surface area (Å²) in [4.78, 5) is 29.7. The van der Waals surface area contributed by atoms with E-state index in [0.29, 0.717) is 41.6 Å². The van der Waals surface area contributed by atoms with Crippen molar-refractivity contribution in [2.45, 2.75) is 25.0 Å². The van der Waals surface area contributed by atoms with E-state index >= 15 is 0 Å². The van der Waals surface area contributed by atoms with Crippen LogP contribution < -0.4 is 21.5 Å². The van der Waals surface area contributed by atoms with Gasteiger partial charge in [-0.1, -0.05) is 30.3 Å². The van der Waals surface area contributed by atoms with Crippen LogP contribution in [0.15, 0.2) is 54.7 Å². The lowest BCUT2D eigenvalue weighted by molar-refractivity contribution is -0.121. The Morgan fingerprint density at radius 2 is 1.94 bits per heavy atom. The highest BCUT2D eigenvalue weighted by atomic mass is 16.5. The quantitative estimate of drug-likeness (QED) is 0.523. The molecule has 34 heavy (non-hydrogen) atoms. The Morgan fingerprint density at radius 1 is 1.12 bits per heavy atom. The zero-order chi connectivity index (χ0) is 23.9. The zero-order valence-corrected chi connectivity index (χ0v) is 18.6. The van der Waals surface area contributed by atoms with E-state index in [1.54, 1.807) is 25.3 Å². The molecule has 1 atom stereocenters. The van der Waals surface area contributed by atoms with E-state index in [2.05, 4.69) is 10.3 Å². The molecule has 0 bridgehead atoms. The molecular weight excluding hydrogens is 432 g/mol. The van der Waals surface area contributed by atoms with Crippen LogP contribution in [0, 0.1) is 0 Å². The van der Waals surface area contributed by atoms with Gasteiger partial charge in [0.25, 0.3) is 5.91 Å². The van der Waals surface area contributed by atoms with Crippen LogP contribution in [0.2, 0.25) is 0 Å². The van der Waals surface area contributed by atoms with Crippen LogP contribution in [0.25, 0.3) is 6.08 Å². The van der Waals surface area contributed by atoms with Crippen molar-refractivity contribution < 1.29 is 19.1 Å². The number of rotatable bonds is 6. The Labute approximate surface area is 196 Å². The van der Waals surface area contributed by atoms with Gasteiger partial charge >= 0.3 is 0 Å². The fourth-order valence-corrected chi connectivity index (χ4v) is 4.58. The fraction of sp³-hybridized carbons (Fsp3) is 0.192. The molecule has 1 aromatic heterocycles. The number of benzene rings is 2. The number of hydrogen-bond acceptors (Lipinski definition) is 6. The molecule has 8 nitrogen and oxygen atoms in total. The predicted molar refractivity (Wildman–Crippen MR) is 128 cm³/mol. The third-order valence-electron chi connectivity index (χ3n) is 6.48. The Balaban J connectivity index is 1.64. The number of anilines is 2. The van der Waals surface area contributed by atoms with Gasteiger partial charge in [-0.2, -0.15) is 0 Å². The molecule has 3 aromatic rings. The highest BCUT2D eigenvalue weighted by molar-refractivity contribution is 6.01. The molecule has 0 saturated heterocycles. The van der Waals surface area contributed by atoms with Crippen LogP contribution in [0.1, 0.15) is 38.3 Å². The van der Waals surface area contributed by atoms with Gasteiger partial charge < -0.3 is 26.3 Å². The maximum Gasteiger partial charge on any atom is 0.252 e. The van der Waals surface area contributed by atoms with Crippen molar-refractivity contribution in [1.82, 2.24) is 4.98 Å². The highest BCUT2D eigenvalue weighted by Gasteiger charge is 2.41. The normalized spacial score (nSPS) is 18.1. The van der Waals surface area contributed by atoms with Crippen LogP contribution in [-0.2, 0) is 34.6 Å². The van der Waals surface area contributed by atoms with Crippen LogP contribution >= 0.6 is 0 Å². The molecule has 2 aromatic carbocycles. The lowest BCUT2D eigenvalue weighted by Crippen LogP contribution is -2.43. The number of nitrogens with one attached hydrogen (secondary N) is 1. The summed E-state index contributed by atoms with van der Waals surface area (Å²) in [7, 11) is 1.58. The summed E-state index contributed by atoms with van der Waals surface area (Å²) in [5.41, 5.74) is 16.2. The van der Waals surface area contributed by atoms with Crippen molar-refractivity contribution in [2.75, 3.05) is 12.4 Å². The van der Waals surface area contributed by atoms with E-state index in [-0.39, 0.29) is 12.0 Å². The van der Waals surface area contributed by atoms with E-state index in [1.165, 1.54) is 6.20 Å². The summed E-state index contributed by atoms with van der Waals surface area (Å²) in [6.45, 7) is 1.05. The van der Waals surface area contributed by atoms with Crippen molar-refractivity contribution in [1.29, 1.82) is 0 Å². The van der Waals surface area contributed by atoms with Gasteiger partial charge in [0.2, 0.25) is 5.91 Å². The summed E-state index contributed by atoms with van der Waals surface area (Å²) >= 11 is 0. The predicted octanol–water partition coefficient (Wildman–Crippen LogP) is 2.96. The second-order valence-corrected chi connectivity index (χ2v) is 8.45. The van der Waals surface area contributed by atoms with Gasteiger partial charge in [0.15, 0.2) is 0 Å². The second kappa shape index (κ2) is 8.31. The number of aromatic nitrogens is 1. The first-order chi connectivity index (χ1) is 16.4. The number of carbonyl (C=O) groups is 2. The number of nitrogens with two attached hydrogens (primary N) is 2. The van der Waals surface area contributed by atoms with Crippen molar-refractivity contribution in [3.05, 3.63) is 88.2 Å². The van der Waals surface area contributed by atoms with Crippen LogP contribution in [0.5, 0.6) is 5.75 Å². The van der Waals surface area contributed by atoms with Crippen molar-refractivity contribution in [2.24, 2.45) is 11.5 Å². The number of ether oxygens (including phenoxy) is 2. The van der Waals surface area contributed by atoms with Crippen molar-refractivity contribution in [3.8, 4) is 5.75 Å². The lowest BCUT2D eigenvalue weighted by Gasteiger charge is -2.33. The minimum atomic E-state index is -1.12. The molecule has 0 fully saturated rings. The first-order valence-corrected chi connectivity index (χ1v) is 10.8. The Hall–Kier alpha value is -4.17. The molecule has 2 amide bonds. The first-order valence-electron chi connectivity index (χ1n) is 10.8. The molecule has 2 aliphatic rings. The van der Waals surface area contributed by atoms with Crippen LogP contribution in [-0.4, -0.2) is 23.9 Å². The average molecular weight is 457 g/mol. The van der Waals surface area contributed by atoms with Gasteiger partial charge in [0, 0.05) is 23.5 Å². The molecule has 5 N–H and O–H groups in total. The maximum absolute atomic E-state index is 12.9. The van der Waals surface area contributed by atoms with Gasteiger partial charge in [-0.05, 0) is 41.3 Å². The van der Waals surface area contributed by atoms with Gasteiger partial charge in [-0.3, -0.25) is 14.6 Å². The molecule has 0 saturated carbocycles. The topological polar surface area (TPSA) is 130 Å². The Bertz CT molecular complexity index is 1350. The average Bonchev–Trinajstić information content (AvgIpc) is 3.32. The molecule has 5 rings (SSSR count). The zero-order valence-electron chi connectivity index (χ0n) is 18.6. The number of nitrogens with zero attached hydrogens (tertiary/aromatic N) is 1. The van der Waals surface area contributed by atoms with E-state index in [0.717, 1.165) is 16.7 Å². The summed E-state index contributed by atoms with van der Waals surface area (Å²) in [5.74, 6) is -0.472. The number of carbonyl (C=O) groups excluding carboxylic acids is 2. The van der Waals surface area contributed by atoms with Crippen molar-refractivity contribution >= 4 is 29.3 Å². The number of pyridine rings is 1. The minimum Gasteiger partial charge on any atom is -0.497 e. The van der Waals surface area contributed by atoms with Gasteiger partial charge in [0.1, 0.15) is 5.75 Å². The largest absolute Gasteiger partial charge is 0.497 e. The van der Waals surface area contributed by atoms with Gasteiger partial charge in [-0.25, -0.2) is 0 Å². The highest BCUT2D eigenvalue weighted by Crippen LogP contribution is 2.41. The maximum atomic E-state index is 12.9. The molecule has 0 radical (unpaired) electrons. The summed E-state index contributed by atoms with van der Waals surface area (Å²) in [6.07, 6.45) is 5.22. The standard InChI is InChI=1S/C26H24N4O4/c1-33-19-4-2-3-18(10-19)30-23-20-11-26(25(28)32,8-7-22(20)29-12-21(23)24(27)31)17-6-5-15-13-34-14-16(15)9-17/h2-10,12H,11,13-14H2,1H3,(H2,27,31)(H2,28,32)(H,29,30). The van der Waals surface area contributed by atoms with E-state index in [9.17, 15) is 9.59 Å². The van der Waals surface area contributed by atoms with Crippen molar-refractivity contribution in [3.63, 3.8) is 0 Å². The monoisotopic (exact) mass is 456 g/mol. The number of fused-ring (bicyclic) bond motifs is 2. The molecule has 172 valence electrons. The molecule has 8 heteroatoms. The molecular formula is C26H24N4O4. The van der Waals surface area contributed by atoms with E-state index in [1.807, 2.05) is 36.4 Å². The summed E-state index contributed by atoms with van der Waals surface area (Å²) in [6, 6.07) is 13.2. The van der Waals surface area contributed by atoms with E-state index in [4.69, 9.17) is 20.9 Å². The summed E-state index contributed by atoms with van der Waals surface area (Å²) in [5, 5.41) is 3.30. The number of primary amides is 2. The molecule has 0 spiro atoms. The smallest absolute Gasteiger partial charge is 0.252 e. The third-order valence-corrected chi connectivity index (χ3v) is 6.48. The number of methoxy groups -OCH3 is 1. The SMILES string of the molecule is COc1cccc(Nc2c(C(N)=O)cnc3c2CC(C(N)=O)(c2ccc4c(c2)COC4)C=C3)c1. The van der Waals surface area contributed by atoms with Gasteiger partial charge in [-0.15, -0.1) is 0 Å². The molecule has 1 aliphatic carbocycles. The minimum absolute atomic E-state index is 0.217. The fourth-order valence-electron chi connectivity index (χ4n) is 4.58. The van der Waals surface area contributed by atoms with Crippen LogP contribution in [0.3, 0.4) is 0 Å². The molecule has 1 unspecified atom stereocenters. The molecule has 2 heterocycles. The Kier molecular flexibility index (Phi) is 5.30. The number of hydrogen-bond donors (Lipinski definition) is 3. The molecule has 1 aliphatic heterocycles. The number of amides is 2. The van der Waals surface area contributed by atoms with E-state index < -0.39 is 17.2 Å². The Morgan fingerprint density at radius 3 is 2.71 bits per heavy atom. The second-order valence-electron chi connectivity index (χ2n) is 8.45. The first kappa shape index (κ1) is 21.7. The van der Waals surface area contributed by atoms with Crippen LogP contribution in [0.4, 0.5) is 11.4 Å². The lowest BCUT2D eigenvalue weighted by atomic mass is 9.70. The van der Waals surface area contributed by atoms with Gasteiger partial charge in [0.05, 0.1) is 42.7 Å².